The van der Waals surface area contributed by atoms with Crippen molar-refractivity contribution in [2.24, 2.45) is 5.41 Å². The van der Waals surface area contributed by atoms with Crippen LogP contribution in [0, 0.1) is 5.41 Å². The highest BCUT2D eigenvalue weighted by Crippen LogP contribution is 2.54. The van der Waals surface area contributed by atoms with Gasteiger partial charge in [0.05, 0.1) is 12.2 Å². The van der Waals surface area contributed by atoms with Crippen LogP contribution in [0.4, 0.5) is 11.4 Å². The average Bonchev–Trinajstić information content (AvgIpc) is 3.40. The lowest BCUT2D eigenvalue weighted by Crippen LogP contribution is -2.34. The van der Waals surface area contributed by atoms with E-state index >= 15 is 0 Å². The second kappa shape index (κ2) is 8.03. The third kappa shape index (κ3) is 3.62. The zero-order valence-corrected chi connectivity index (χ0v) is 19.3. The predicted octanol–water partition coefficient (Wildman–Crippen LogP) is 5.53. The zero-order chi connectivity index (χ0) is 21.5. The molecule has 0 bridgehead atoms. The number of aromatic amines is 1. The van der Waals surface area contributed by atoms with Gasteiger partial charge >= 0.3 is 0 Å². The molecule has 0 atom stereocenters. The molecule has 3 aliphatic rings. The second-order valence-corrected chi connectivity index (χ2v) is 9.89. The van der Waals surface area contributed by atoms with E-state index in [9.17, 15) is 0 Å². The second-order valence-electron chi connectivity index (χ2n) is 9.28. The van der Waals surface area contributed by atoms with Gasteiger partial charge in [0.15, 0.2) is 11.6 Å². The maximum atomic E-state index is 6.00. The Hall–Kier alpha value is -2.67. The molecule has 1 aliphatic carbocycles. The summed E-state index contributed by atoms with van der Waals surface area (Å²) in [5.74, 6) is 2.45. The van der Waals surface area contributed by atoms with Gasteiger partial charge in [0.25, 0.3) is 0 Å². The molecule has 6 nitrogen and oxygen atoms in total. The quantitative estimate of drug-likeness (QED) is 0.501. The summed E-state index contributed by atoms with van der Waals surface area (Å²) in [6.45, 7) is 2.97. The maximum Gasteiger partial charge on any atom is 0.185 e. The first kappa shape index (κ1) is 20.0. The van der Waals surface area contributed by atoms with E-state index in [1.54, 1.807) is 11.9 Å². The molecule has 166 valence electrons. The summed E-state index contributed by atoms with van der Waals surface area (Å²) in [6, 6.07) is 12.8. The van der Waals surface area contributed by atoms with Crippen LogP contribution in [0.3, 0.4) is 0 Å². The molecular weight excluding hydrogens is 418 g/mol. The smallest absolute Gasteiger partial charge is 0.185 e. The van der Waals surface area contributed by atoms with Gasteiger partial charge in [-0.25, -0.2) is 4.98 Å². The fourth-order valence-corrected chi connectivity index (χ4v) is 5.50. The SMILES string of the molecule is CSNc1ccc(-c2nc(-c3cccc4c3OCCC4)n[nH]2)c(N2CCC3(CC2)CC3)c1. The fourth-order valence-electron chi connectivity index (χ4n) is 5.14. The van der Waals surface area contributed by atoms with E-state index in [0.29, 0.717) is 11.2 Å². The van der Waals surface area contributed by atoms with Crippen LogP contribution in [-0.4, -0.2) is 41.1 Å². The van der Waals surface area contributed by atoms with E-state index in [2.05, 4.69) is 62.5 Å². The molecule has 2 aliphatic heterocycles. The standard InChI is InChI=1S/C25H29N5OS/c1-32-29-18-7-8-19(21(16-18)30-13-11-25(9-10-25)12-14-30)23-26-24(28-27-23)20-6-2-4-17-5-3-15-31-22(17)20/h2,4,6-8,16,29H,3,5,9-15H2,1H3,(H,26,27,28). The Morgan fingerprint density at radius 3 is 2.78 bits per heavy atom. The third-order valence-electron chi connectivity index (χ3n) is 7.25. The van der Waals surface area contributed by atoms with Crippen molar-refractivity contribution in [3.8, 4) is 28.5 Å². The number of aryl methyl sites for hydroxylation is 1. The minimum Gasteiger partial charge on any atom is -0.493 e. The number of hydrogen-bond acceptors (Lipinski definition) is 6. The molecule has 3 aromatic rings. The van der Waals surface area contributed by atoms with Gasteiger partial charge in [-0.2, -0.15) is 5.10 Å². The first-order valence-corrected chi connectivity index (χ1v) is 12.8. The van der Waals surface area contributed by atoms with Gasteiger partial charge in [0, 0.05) is 36.3 Å². The van der Waals surface area contributed by atoms with Crippen LogP contribution in [0.2, 0.25) is 0 Å². The predicted molar refractivity (Wildman–Crippen MR) is 131 cm³/mol. The molecule has 3 heterocycles. The number of ether oxygens (including phenoxy) is 1. The van der Waals surface area contributed by atoms with Crippen LogP contribution in [0.5, 0.6) is 5.75 Å². The lowest BCUT2D eigenvalue weighted by atomic mass is 9.93. The number of nitrogens with zero attached hydrogens (tertiary/aromatic N) is 3. The van der Waals surface area contributed by atoms with Crippen LogP contribution in [0.15, 0.2) is 36.4 Å². The van der Waals surface area contributed by atoms with Crippen LogP contribution in [0.1, 0.15) is 37.7 Å². The van der Waals surface area contributed by atoms with Crippen molar-refractivity contribution in [3.63, 3.8) is 0 Å². The van der Waals surface area contributed by atoms with E-state index in [0.717, 1.165) is 60.9 Å². The van der Waals surface area contributed by atoms with E-state index in [4.69, 9.17) is 9.72 Å². The van der Waals surface area contributed by atoms with Crippen molar-refractivity contribution < 1.29 is 4.74 Å². The largest absolute Gasteiger partial charge is 0.493 e. The Bertz CT molecular complexity index is 1130. The highest BCUT2D eigenvalue weighted by molar-refractivity contribution is 7.99. The first-order chi connectivity index (χ1) is 15.7. The molecule has 1 saturated carbocycles. The van der Waals surface area contributed by atoms with E-state index in [-0.39, 0.29) is 0 Å². The molecule has 1 aromatic heterocycles. The molecule has 2 fully saturated rings. The maximum absolute atomic E-state index is 6.00. The normalized spacial score (nSPS) is 18.8. The Morgan fingerprint density at radius 1 is 1.09 bits per heavy atom. The van der Waals surface area contributed by atoms with Crippen molar-refractivity contribution in [1.29, 1.82) is 0 Å². The van der Waals surface area contributed by atoms with Crippen LogP contribution in [0.25, 0.3) is 22.8 Å². The van der Waals surface area contributed by atoms with E-state index in [1.165, 1.54) is 36.9 Å². The van der Waals surface area contributed by atoms with Gasteiger partial charge in [0.1, 0.15) is 5.75 Å². The molecule has 0 amide bonds. The molecule has 32 heavy (non-hydrogen) atoms. The van der Waals surface area contributed by atoms with Crippen LogP contribution in [-0.2, 0) is 6.42 Å². The number of aromatic nitrogens is 3. The zero-order valence-electron chi connectivity index (χ0n) is 18.5. The highest BCUT2D eigenvalue weighted by atomic mass is 32.2. The van der Waals surface area contributed by atoms with Crippen LogP contribution < -0.4 is 14.4 Å². The minimum absolute atomic E-state index is 0.650. The third-order valence-corrected chi connectivity index (χ3v) is 7.69. The summed E-state index contributed by atoms with van der Waals surface area (Å²) in [5.41, 5.74) is 6.32. The molecule has 1 spiro atoms. The molecular formula is C25H29N5OS. The van der Waals surface area contributed by atoms with Crippen molar-refractivity contribution >= 4 is 23.3 Å². The Morgan fingerprint density at radius 2 is 1.97 bits per heavy atom. The van der Waals surface area contributed by atoms with Crippen molar-refractivity contribution in [2.45, 2.75) is 38.5 Å². The van der Waals surface area contributed by atoms with Crippen molar-refractivity contribution in [3.05, 3.63) is 42.0 Å². The minimum atomic E-state index is 0.650. The molecule has 1 saturated heterocycles. The van der Waals surface area contributed by atoms with Gasteiger partial charge in [-0.3, -0.25) is 5.10 Å². The number of H-pyrrole nitrogens is 1. The first-order valence-electron chi connectivity index (χ1n) is 11.6. The topological polar surface area (TPSA) is 66.1 Å². The lowest BCUT2D eigenvalue weighted by Gasteiger charge is -2.35. The Balaban J connectivity index is 1.36. The van der Waals surface area contributed by atoms with Gasteiger partial charge in [0.2, 0.25) is 0 Å². The summed E-state index contributed by atoms with van der Waals surface area (Å²) in [6.07, 6.45) is 9.57. The summed E-state index contributed by atoms with van der Waals surface area (Å²) in [7, 11) is 0. The fraction of sp³-hybridized carbons (Fsp3) is 0.440. The monoisotopic (exact) mass is 447 g/mol. The van der Waals surface area contributed by atoms with Gasteiger partial charge < -0.3 is 14.4 Å². The average molecular weight is 448 g/mol. The number of rotatable bonds is 5. The molecule has 7 heteroatoms. The van der Waals surface area contributed by atoms with Crippen LogP contribution >= 0.6 is 11.9 Å². The highest BCUT2D eigenvalue weighted by Gasteiger charge is 2.44. The number of hydrogen-bond donors (Lipinski definition) is 2. The van der Waals surface area contributed by atoms with Crippen molar-refractivity contribution in [1.82, 2.24) is 15.2 Å². The Kier molecular flexibility index (Phi) is 5.01. The number of fused-ring (bicyclic) bond motifs is 1. The summed E-state index contributed by atoms with van der Waals surface area (Å²) in [4.78, 5) is 7.46. The molecule has 0 radical (unpaired) electrons. The molecule has 2 N–H and O–H groups in total. The van der Waals surface area contributed by atoms with Gasteiger partial charge in [-0.15, -0.1) is 0 Å². The van der Waals surface area contributed by atoms with Gasteiger partial charge in [-0.05, 0) is 73.8 Å². The van der Waals surface area contributed by atoms with E-state index < -0.39 is 0 Å². The number of para-hydroxylation sites is 1. The van der Waals surface area contributed by atoms with E-state index in [1.807, 2.05) is 0 Å². The van der Waals surface area contributed by atoms with Gasteiger partial charge in [-0.1, -0.05) is 24.1 Å². The Labute approximate surface area is 193 Å². The summed E-state index contributed by atoms with van der Waals surface area (Å²) < 4.78 is 9.38. The lowest BCUT2D eigenvalue weighted by molar-refractivity contribution is 0.289. The number of anilines is 2. The van der Waals surface area contributed by atoms with Crippen molar-refractivity contribution in [2.75, 3.05) is 35.6 Å². The molecule has 0 unspecified atom stereocenters. The summed E-state index contributed by atoms with van der Waals surface area (Å²) >= 11 is 1.62. The number of nitrogens with one attached hydrogen (secondary N) is 2. The number of benzene rings is 2. The number of piperidine rings is 1. The molecule has 2 aromatic carbocycles. The molecule has 6 rings (SSSR count). The summed E-state index contributed by atoms with van der Waals surface area (Å²) in [5, 5.41) is 7.81.